The number of amides is 1. The Hall–Kier alpha value is -2.47. The Kier molecular flexibility index (Phi) is 5.83. The summed E-state index contributed by atoms with van der Waals surface area (Å²) in [5.41, 5.74) is 2.10. The summed E-state index contributed by atoms with van der Waals surface area (Å²) in [6, 6.07) is 10.2. The molecule has 0 saturated carbocycles. The quantitative estimate of drug-likeness (QED) is 0.671. The number of anilines is 2. The summed E-state index contributed by atoms with van der Waals surface area (Å²) in [4.78, 5) is 25.4. The van der Waals surface area contributed by atoms with Crippen molar-refractivity contribution in [2.45, 2.75) is 33.6 Å². The lowest BCUT2D eigenvalue weighted by Gasteiger charge is -2.21. The summed E-state index contributed by atoms with van der Waals surface area (Å²) in [5.74, 6) is 0.910. The average Bonchev–Trinajstić information content (AvgIpc) is 3.07. The van der Waals surface area contributed by atoms with Gasteiger partial charge < -0.3 is 10.2 Å². The maximum Gasteiger partial charge on any atom is 0.228 e. The number of fused-ring (bicyclic) bond motifs is 1. The fourth-order valence-corrected chi connectivity index (χ4v) is 3.88. The molecule has 0 bridgehead atoms. The van der Waals surface area contributed by atoms with Crippen molar-refractivity contribution < 1.29 is 4.79 Å². The Morgan fingerprint density at radius 3 is 2.81 bits per heavy atom. The van der Waals surface area contributed by atoms with Crippen LogP contribution in [0.1, 0.15) is 30.7 Å². The minimum absolute atomic E-state index is 0.107. The largest absolute Gasteiger partial charge is 0.369 e. The van der Waals surface area contributed by atoms with Gasteiger partial charge in [0.2, 0.25) is 5.91 Å². The van der Waals surface area contributed by atoms with Gasteiger partial charge in [-0.05, 0) is 44.0 Å². The van der Waals surface area contributed by atoms with E-state index in [1.165, 1.54) is 4.88 Å². The lowest BCUT2D eigenvalue weighted by atomic mass is 10.2. The van der Waals surface area contributed by atoms with E-state index < -0.39 is 0 Å². The van der Waals surface area contributed by atoms with E-state index >= 15 is 0 Å². The van der Waals surface area contributed by atoms with Crippen molar-refractivity contribution in [2.24, 2.45) is 0 Å². The molecule has 1 amide bonds. The second kappa shape index (κ2) is 8.27. The predicted octanol–water partition coefficient (Wildman–Crippen LogP) is 4.42. The monoisotopic (exact) mass is 368 g/mol. The zero-order chi connectivity index (χ0) is 18.5. The van der Waals surface area contributed by atoms with Gasteiger partial charge in [0.05, 0.1) is 5.39 Å². The number of nitrogens with one attached hydrogen (secondary N) is 1. The first-order chi connectivity index (χ1) is 12.6. The molecule has 1 aromatic carbocycles. The maximum absolute atomic E-state index is 12.6. The Morgan fingerprint density at radius 2 is 2.08 bits per heavy atom. The van der Waals surface area contributed by atoms with Crippen molar-refractivity contribution >= 4 is 39.0 Å². The van der Waals surface area contributed by atoms with Gasteiger partial charge in [0.15, 0.2) is 0 Å². The van der Waals surface area contributed by atoms with Gasteiger partial charge in [-0.15, -0.1) is 11.3 Å². The van der Waals surface area contributed by atoms with Crippen LogP contribution in [-0.4, -0.2) is 29.0 Å². The van der Waals surface area contributed by atoms with Crippen LogP contribution >= 0.6 is 11.3 Å². The maximum atomic E-state index is 12.6. The smallest absolute Gasteiger partial charge is 0.228 e. The molecule has 26 heavy (non-hydrogen) atoms. The van der Waals surface area contributed by atoms with Crippen LogP contribution in [0, 0.1) is 6.92 Å². The Balaban J connectivity index is 1.65. The third kappa shape index (κ3) is 4.02. The minimum atomic E-state index is 0.107. The molecule has 0 saturated heterocycles. The molecule has 5 nitrogen and oxygen atoms in total. The fraction of sp³-hybridized carbons (Fsp3) is 0.350. The Morgan fingerprint density at radius 1 is 1.23 bits per heavy atom. The van der Waals surface area contributed by atoms with E-state index in [4.69, 9.17) is 0 Å². The first-order valence-corrected chi connectivity index (χ1v) is 9.78. The molecule has 6 heteroatoms. The van der Waals surface area contributed by atoms with Gasteiger partial charge in [0.25, 0.3) is 0 Å². The number of aromatic nitrogens is 2. The third-order valence-corrected chi connectivity index (χ3v) is 5.48. The van der Waals surface area contributed by atoms with Gasteiger partial charge in [-0.25, -0.2) is 9.97 Å². The number of thiophene rings is 1. The van der Waals surface area contributed by atoms with E-state index in [9.17, 15) is 4.79 Å². The molecule has 2 heterocycles. The van der Waals surface area contributed by atoms with Crippen molar-refractivity contribution in [1.29, 1.82) is 0 Å². The van der Waals surface area contributed by atoms with Crippen LogP contribution in [-0.2, 0) is 11.2 Å². The summed E-state index contributed by atoms with van der Waals surface area (Å²) in [6.07, 6.45) is 2.98. The van der Waals surface area contributed by atoms with Crippen molar-refractivity contribution in [3.05, 3.63) is 47.1 Å². The summed E-state index contributed by atoms with van der Waals surface area (Å²) >= 11 is 1.69. The molecule has 3 aromatic rings. The highest BCUT2D eigenvalue weighted by Crippen LogP contribution is 2.28. The van der Waals surface area contributed by atoms with Gasteiger partial charge in [-0.2, -0.15) is 0 Å². The van der Waals surface area contributed by atoms with E-state index in [0.29, 0.717) is 19.5 Å². The Bertz CT molecular complexity index is 906. The number of nitrogens with zero attached hydrogens (tertiary/aromatic N) is 3. The average molecular weight is 369 g/mol. The molecule has 0 atom stereocenters. The van der Waals surface area contributed by atoms with E-state index in [1.807, 2.05) is 43.0 Å². The second-order valence-corrected chi connectivity index (χ2v) is 7.28. The highest BCUT2D eigenvalue weighted by molar-refractivity contribution is 7.18. The topological polar surface area (TPSA) is 58.1 Å². The number of rotatable bonds is 7. The van der Waals surface area contributed by atoms with Crippen molar-refractivity contribution in [1.82, 2.24) is 9.97 Å². The van der Waals surface area contributed by atoms with Crippen molar-refractivity contribution in [2.75, 3.05) is 23.3 Å². The zero-order valence-electron chi connectivity index (χ0n) is 15.5. The van der Waals surface area contributed by atoms with Crippen LogP contribution in [0.5, 0.6) is 0 Å². The van der Waals surface area contributed by atoms with Crippen molar-refractivity contribution in [3.63, 3.8) is 0 Å². The minimum Gasteiger partial charge on any atom is -0.369 e. The zero-order valence-corrected chi connectivity index (χ0v) is 16.3. The highest BCUT2D eigenvalue weighted by atomic mass is 32.1. The lowest BCUT2D eigenvalue weighted by molar-refractivity contribution is -0.118. The SMILES string of the molecule is CCc1cc2c(NCCC(=O)N(CC)c3cccc(C)c3)ncnc2s1. The summed E-state index contributed by atoms with van der Waals surface area (Å²) < 4.78 is 0. The summed E-state index contributed by atoms with van der Waals surface area (Å²) in [6.45, 7) is 7.37. The van der Waals surface area contributed by atoms with Crippen molar-refractivity contribution in [3.8, 4) is 0 Å². The normalized spacial score (nSPS) is 10.9. The molecule has 1 N–H and O–H groups in total. The summed E-state index contributed by atoms with van der Waals surface area (Å²) in [5, 5.41) is 4.34. The van der Waals surface area contributed by atoms with Gasteiger partial charge in [-0.1, -0.05) is 19.1 Å². The summed E-state index contributed by atoms with van der Waals surface area (Å²) in [7, 11) is 0. The standard InChI is InChI=1S/C20H24N4OS/c1-4-16-12-17-19(22-13-23-20(17)26-16)21-10-9-18(25)24(5-2)15-8-6-7-14(3)11-15/h6-8,11-13H,4-5,9-10H2,1-3H3,(H,21,22,23). The Labute approximate surface area is 158 Å². The van der Waals surface area contributed by atoms with Crippen LogP contribution < -0.4 is 10.2 Å². The molecular formula is C20H24N4OS. The third-order valence-electron chi connectivity index (χ3n) is 4.29. The van der Waals surface area contributed by atoms with Crippen LogP contribution in [0.2, 0.25) is 0 Å². The lowest BCUT2D eigenvalue weighted by Crippen LogP contribution is -2.32. The van der Waals surface area contributed by atoms with E-state index in [2.05, 4.69) is 28.3 Å². The van der Waals surface area contributed by atoms with Crippen LogP contribution in [0.25, 0.3) is 10.2 Å². The number of aryl methyl sites for hydroxylation is 2. The highest BCUT2D eigenvalue weighted by Gasteiger charge is 2.14. The number of hydrogen-bond acceptors (Lipinski definition) is 5. The molecule has 0 aliphatic carbocycles. The molecule has 0 aliphatic rings. The van der Waals surface area contributed by atoms with Gasteiger partial charge in [0, 0.05) is 30.1 Å². The number of benzene rings is 1. The molecule has 0 unspecified atom stereocenters. The molecule has 0 spiro atoms. The predicted molar refractivity (Wildman–Crippen MR) is 109 cm³/mol. The molecule has 0 radical (unpaired) electrons. The molecular weight excluding hydrogens is 344 g/mol. The number of carbonyl (C=O) groups excluding carboxylic acids is 1. The van der Waals surface area contributed by atoms with Crippen LogP contribution in [0.3, 0.4) is 0 Å². The first-order valence-electron chi connectivity index (χ1n) is 8.96. The van der Waals surface area contributed by atoms with Crippen LogP contribution in [0.15, 0.2) is 36.7 Å². The van der Waals surface area contributed by atoms with Gasteiger partial charge >= 0.3 is 0 Å². The number of carbonyl (C=O) groups is 1. The second-order valence-electron chi connectivity index (χ2n) is 6.16. The van der Waals surface area contributed by atoms with Gasteiger partial charge in [0.1, 0.15) is 17.0 Å². The molecule has 2 aromatic heterocycles. The van der Waals surface area contributed by atoms with E-state index in [-0.39, 0.29) is 5.91 Å². The number of hydrogen-bond donors (Lipinski definition) is 1. The van der Waals surface area contributed by atoms with Gasteiger partial charge in [-0.3, -0.25) is 4.79 Å². The molecule has 3 rings (SSSR count). The molecule has 0 aliphatic heterocycles. The van der Waals surface area contributed by atoms with E-state index in [0.717, 1.165) is 33.7 Å². The fourth-order valence-electron chi connectivity index (χ4n) is 2.94. The first kappa shape index (κ1) is 18.3. The van der Waals surface area contributed by atoms with E-state index in [1.54, 1.807) is 17.7 Å². The molecule has 0 fully saturated rings. The molecule has 136 valence electrons. The van der Waals surface area contributed by atoms with Crippen LogP contribution in [0.4, 0.5) is 11.5 Å².